The molecule has 0 bridgehead atoms. The Balaban J connectivity index is 3.74. The average molecular weight is 758 g/mol. The van der Waals surface area contributed by atoms with Crippen LogP contribution < -0.4 is 5.32 Å². The Morgan fingerprint density at radius 2 is 0.759 bits per heavy atom. The van der Waals surface area contributed by atoms with E-state index in [4.69, 9.17) is 0 Å². The van der Waals surface area contributed by atoms with E-state index in [1.807, 2.05) is 6.08 Å². The minimum absolute atomic E-state index is 0.384. The summed E-state index contributed by atoms with van der Waals surface area (Å²) in [6.07, 6.45) is 57.2. The largest absolute Gasteiger partial charge is 0.394 e. The lowest BCUT2D eigenvalue weighted by molar-refractivity contribution is -0.131. The van der Waals surface area contributed by atoms with E-state index in [1.54, 1.807) is 6.08 Å². The molecule has 0 aliphatic rings. The highest BCUT2D eigenvalue weighted by molar-refractivity contribution is 5.80. The molecule has 0 saturated heterocycles. The summed E-state index contributed by atoms with van der Waals surface area (Å²) in [6, 6.07) is -0.824. The molecule has 0 rings (SSSR count). The Hall–Kier alpha value is -1.69. The first-order chi connectivity index (χ1) is 26.6. The van der Waals surface area contributed by atoms with Crippen molar-refractivity contribution in [3.8, 4) is 0 Å². The molecule has 0 heterocycles. The Bertz CT molecular complexity index is 881. The van der Waals surface area contributed by atoms with Crippen LogP contribution in [0.4, 0.5) is 0 Å². The molecule has 0 radical (unpaired) electrons. The number of carbonyl (C=O) groups is 1. The summed E-state index contributed by atoms with van der Waals surface area (Å²) in [6.45, 7) is 4.17. The van der Waals surface area contributed by atoms with E-state index in [0.717, 1.165) is 51.4 Å². The molecular formula is C49H91NO4. The van der Waals surface area contributed by atoms with Crippen LogP contribution in [0.15, 0.2) is 48.6 Å². The second kappa shape index (κ2) is 44.0. The normalized spacial score (nSPS) is 13.9. The third-order valence-corrected chi connectivity index (χ3v) is 10.6. The first-order valence-electron chi connectivity index (χ1n) is 23.5. The maximum Gasteiger partial charge on any atom is 0.249 e. The van der Waals surface area contributed by atoms with Crippen molar-refractivity contribution < 1.29 is 20.1 Å². The fourth-order valence-electron chi connectivity index (χ4n) is 6.92. The number of hydrogen-bond acceptors (Lipinski definition) is 4. The van der Waals surface area contributed by atoms with Crippen molar-refractivity contribution >= 4 is 5.91 Å². The van der Waals surface area contributed by atoms with E-state index in [-0.39, 0.29) is 6.61 Å². The van der Waals surface area contributed by atoms with Crippen molar-refractivity contribution in [3.63, 3.8) is 0 Å². The SMILES string of the molecule is CCCCCCCCCC/C=C\CCCCCCCCC(O)C(=O)NC(CO)C(O)/C=C/CC/C=C/CC/C=C/CCCCCCCCCCCCCC. The second-order valence-electron chi connectivity index (χ2n) is 15.9. The molecule has 5 heteroatoms. The van der Waals surface area contributed by atoms with Gasteiger partial charge in [0.15, 0.2) is 0 Å². The third kappa shape index (κ3) is 38.6. The second-order valence-corrected chi connectivity index (χ2v) is 15.9. The van der Waals surface area contributed by atoms with Crippen molar-refractivity contribution in [3.05, 3.63) is 48.6 Å². The van der Waals surface area contributed by atoms with Gasteiger partial charge in [0.2, 0.25) is 5.91 Å². The lowest BCUT2D eigenvalue weighted by Gasteiger charge is -2.21. The first-order valence-corrected chi connectivity index (χ1v) is 23.5. The highest BCUT2D eigenvalue weighted by Crippen LogP contribution is 2.14. The van der Waals surface area contributed by atoms with Gasteiger partial charge in [0.25, 0.3) is 0 Å². The minimum Gasteiger partial charge on any atom is -0.394 e. The number of nitrogens with one attached hydrogen (secondary N) is 1. The van der Waals surface area contributed by atoms with Gasteiger partial charge >= 0.3 is 0 Å². The molecule has 3 unspecified atom stereocenters. The number of hydrogen-bond donors (Lipinski definition) is 4. The molecule has 0 aromatic rings. The molecular weight excluding hydrogens is 667 g/mol. The van der Waals surface area contributed by atoms with Gasteiger partial charge in [-0.25, -0.2) is 0 Å². The summed E-state index contributed by atoms with van der Waals surface area (Å²) in [5.74, 6) is -0.522. The van der Waals surface area contributed by atoms with Crippen LogP contribution in [0.3, 0.4) is 0 Å². The highest BCUT2D eigenvalue weighted by atomic mass is 16.3. The summed E-state index contributed by atoms with van der Waals surface area (Å²) in [7, 11) is 0. The predicted octanol–water partition coefficient (Wildman–Crippen LogP) is 13.7. The van der Waals surface area contributed by atoms with Crippen molar-refractivity contribution in [2.75, 3.05) is 6.61 Å². The Labute approximate surface area is 336 Å². The molecule has 0 fully saturated rings. The van der Waals surface area contributed by atoms with E-state index in [0.29, 0.717) is 6.42 Å². The van der Waals surface area contributed by atoms with Crippen LogP contribution in [0.2, 0.25) is 0 Å². The van der Waals surface area contributed by atoms with Crippen LogP contribution >= 0.6 is 0 Å². The molecule has 0 aromatic carbocycles. The number of unbranched alkanes of at least 4 members (excludes halogenated alkanes) is 28. The van der Waals surface area contributed by atoms with E-state index >= 15 is 0 Å². The summed E-state index contributed by atoms with van der Waals surface area (Å²) in [5.41, 5.74) is 0. The molecule has 316 valence electrons. The third-order valence-electron chi connectivity index (χ3n) is 10.6. The van der Waals surface area contributed by atoms with Crippen molar-refractivity contribution in [1.82, 2.24) is 5.32 Å². The molecule has 0 saturated carbocycles. The number of rotatable bonds is 42. The zero-order valence-corrected chi connectivity index (χ0v) is 35.8. The molecule has 5 nitrogen and oxygen atoms in total. The molecule has 4 N–H and O–H groups in total. The maximum absolute atomic E-state index is 12.5. The number of aliphatic hydroxyl groups excluding tert-OH is 3. The zero-order valence-electron chi connectivity index (χ0n) is 35.8. The summed E-state index contributed by atoms with van der Waals surface area (Å²) < 4.78 is 0. The number of allylic oxidation sites excluding steroid dienone is 7. The number of amides is 1. The first kappa shape index (κ1) is 52.3. The lowest BCUT2D eigenvalue weighted by Crippen LogP contribution is -2.48. The summed E-state index contributed by atoms with van der Waals surface area (Å²) >= 11 is 0. The predicted molar refractivity (Wildman–Crippen MR) is 236 cm³/mol. The topological polar surface area (TPSA) is 89.8 Å². The van der Waals surface area contributed by atoms with Crippen LogP contribution in [0, 0.1) is 0 Å². The van der Waals surface area contributed by atoms with Gasteiger partial charge in [-0.1, -0.05) is 210 Å². The van der Waals surface area contributed by atoms with Gasteiger partial charge in [-0.2, -0.15) is 0 Å². The van der Waals surface area contributed by atoms with Gasteiger partial charge in [0.1, 0.15) is 6.10 Å². The Kier molecular flexibility index (Phi) is 42.7. The van der Waals surface area contributed by atoms with Crippen LogP contribution in [-0.4, -0.2) is 46.1 Å². The Morgan fingerprint density at radius 3 is 1.13 bits per heavy atom. The quantitative estimate of drug-likeness (QED) is 0.0369. The van der Waals surface area contributed by atoms with Crippen molar-refractivity contribution in [1.29, 1.82) is 0 Å². The van der Waals surface area contributed by atoms with Crippen LogP contribution in [-0.2, 0) is 4.79 Å². The number of aliphatic hydroxyl groups is 3. The summed E-state index contributed by atoms with van der Waals surface area (Å²) in [5, 5.41) is 33.2. The maximum atomic E-state index is 12.5. The van der Waals surface area contributed by atoms with Gasteiger partial charge < -0.3 is 20.6 Å². The van der Waals surface area contributed by atoms with Gasteiger partial charge in [-0.05, 0) is 70.6 Å². The van der Waals surface area contributed by atoms with Gasteiger partial charge in [0, 0.05) is 0 Å². The molecule has 0 aromatic heterocycles. The highest BCUT2D eigenvalue weighted by Gasteiger charge is 2.22. The Morgan fingerprint density at radius 1 is 0.444 bits per heavy atom. The van der Waals surface area contributed by atoms with E-state index in [9.17, 15) is 20.1 Å². The van der Waals surface area contributed by atoms with Crippen molar-refractivity contribution in [2.45, 2.75) is 250 Å². The van der Waals surface area contributed by atoms with Crippen LogP contribution in [0.25, 0.3) is 0 Å². The zero-order chi connectivity index (χ0) is 39.4. The minimum atomic E-state index is -1.12. The van der Waals surface area contributed by atoms with Gasteiger partial charge in [-0.15, -0.1) is 0 Å². The van der Waals surface area contributed by atoms with E-state index in [1.165, 1.54) is 161 Å². The van der Waals surface area contributed by atoms with Gasteiger partial charge in [0.05, 0.1) is 18.8 Å². The molecule has 1 amide bonds. The average Bonchev–Trinajstić information content (AvgIpc) is 3.18. The van der Waals surface area contributed by atoms with Gasteiger partial charge in [-0.3, -0.25) is 4.79 Å². The van der Waals surface area contributed by atoms with Crippen molar-refractivity contribution in [2.24, 2.45) is 0 Å². The van der Waals surface area contributed by atoms with E-state index in [2.05, 4.69) is 55.6 Å². The molecule has 54 heavy (non-hydrogen) atoms. The fourth-order valence-corrected chi connectivity index (χ4v) is 6.92. The molecule has 3 atom stereocenters. The monoisotopic (exact) mass is 758 g/mol. The van der Waals surface area contributed by atoms with E-state index < -0.39 is 24.2 Å². The number of carbonyl (C=O) groups excluding carboxylic acids is 1. The summed E-state index contributed by atoms with van der Waals surface area (Å²) in [4.78, 5) is 12.5. The lowest BCUT2D eigenvalue weighted by atomic mass is 10.0. The molecule has 0 spiro atoms. The van der Waals surface area contributed by atoms with Crippen LogP contribution in [0.5, 0.6) is 0 Å². The standard InChI is InChI=1S/C49H91NO4/c1-3-5-7-9-11-13-15-17-19-21-23-24-25-26-28-29-31-33-35-37-39-41-43-47(52)46(45-51)50-49(54)48(53)44-42-40-38-36-34-32-30-27-22-20-18-16-14-12-10-8-6-4-2/h22,26-28,33,35,41,43,46-48,51-53H,3-21,23-25,29-32,34,36-40,42,44-45H2,1-2H3,(H,50,54)/b27-22-,28-26+,35-33+,43-41+. The fraction of sp³-hybridized carbons (Fsp3) is 0.816. The molecule has 0 aliphatic carbocycles. The van der Waals surface area contributed by atoms with Crippen LogP contribution in [0.1, 0.15) is 232 Å². The molecule has 0 aliphatic heterocycles. The smallest absolute Gasteiger partial charge is 0.249 e.